The van der Waals surface area contributed by atoms with E-state index >= 15 is 0 Å². The van der Waals surface area contributed by atoms with Crippen molar-refractivity contribution in [1.29, 1.82) is 0 Å². The van der Waals surface area contributed by atoms with E-state index in [1.54, 1.807) is 0 Å². The number of nitro groups is 1. The SMILES string of the molecule is Cc1c(N)cc(NC(=O)O)cc1[N+](=O)[O-]. The van der Waals surface area contributed by atoms with Crippen molar-refractivity contribution in [3.63, 3.8) is 0 Å². The second-order valence-electron chi connectivity index (χ2n) is 2.90. The molecule has 0 radical (unpaired) electrons. The van der Waals surface area contributed by atoms with Crippen molar-refractivity contribution >= 4 is 23.2 Å². The monoisotopic (exact) mass is 211 g/mol. The highest BCUT2D eigenvalue weighted by Gasteiger charge is 2.15. The lowest BCUT2D eigenvalue weighted by atomic mass is 10.1. The summed E-state index contributed by atoms with van der Waals surface area (Å²) >= 11 is 0. The maximum atomic E-state index is 10.6. The average Bonchev–Trinajstić information content (AvgIpc) is 2.09. The number of nitrogens with one attached hydrogen (secondary N) is 1. The molecule has 0 saturated heterocycles. The number of carboxylic acid groups (broad SMARTS) is 1. The molecule has 0 aromatic heterocycles. The van der Waals surface area contributed by atoms with E-state index in [1.807, 2.05) is 5.32 Å². The highest BCUT2D eigenvalue weighted by atomic mass is 16.6. The Morgan fingerprint density at radius 3 is 2.67 bits per heavy atom. The van der Waals surface area contributed by atoms with Crippen LogP contribution in [-0.4, -0.2) is 16.1 Å². The van der Waals surface area contributed by atoms with Gasteiger partial charge in [-0.05, 0) is 13.0 Å². The van der Waals surface area contributed by atoms with Gasteiger partial charge in [-0.1, -0.05) is 0 Å². The van der Waals surface area contributed by atoms with Crippen LogP contribution in [0.15, 0.2) is 12.1 Å². The third-order valence-electron chi connectivity index (χ3n) is 1.87. The molecule has 4 N–H and O–H groups in total. The van der Waals surface area contributed by atoms with Crippen molar-refractivity contribution < 1.29 is 14.8 Å². The molecule has 0 spiro atoms. The number of anilines is 2. The average molecular weight is 211 g/mol. The molecule has 0 heterocycles. The number of benzene rings is 1. The zero-order valence-corrected chi connectivity index (χ0v) is 7.85. The summed E-state index contributed by atoms with van der Waals surface area (Å²) in [5.41, 5.74) is 5.86. The van der Waals surface area contributed by atoms with Crippen molar-refractivity contribution in [2.45, 2.75) is 6.92 Å². The molecule has 80 valence electrons. The Kier molecular flexibility index (Phi) is 2.75. The van der Waals surface area contributed by atoms with E-state index in [9.17, 15) is 14.9 Å². The van der Waals surface area contributed by atoms with E-state index in [-0.39, 0.29) is 17.1 Å². The molecule has 0 aliphatic heterocycles. The molecule has 0 unspecified atom stereocenters. The molecule has 0 aliphatic carbocycles. The quantitative estimate of drug-likeness (QED) is 0.389. The first kappa shape index (κ1) is 10.8. The molecule has 1 rings (SSSR count). The molecule has 1 aromatic rings. The van der Waals surface area contributed by atoms with Crippen LogP contribution >= 0.6 is 0 Å². The van der Waals surface area contributed by atoms with Gasteiger partial charge in [-0.15, -0.1) is 0 Å². The molecular weight excluding hydrogens is 202 g/mol. The minimum absolute atomic E-state index is 0.0808. The van der Waals surface area contributed by atoms with E-state index in [4.69, 9.17) is 10.8 Å². The third kappa shape index (κ3) is 2.33. The molecule has 0 aliphatic rings. The van der Waals surface area contributed by atoms with Gasteiger partial charge in [0.05, 0.1) is 10.6 Å². The summed E-state index contributed by atoms with van der Waals surface area (Å²) in [6.07, 6.45) is -1.30. The molecule has 0 atom stereocenters. The summed E-state index contributed by atoms with van der Waals surface area (Å²) in [7, 11) is 0. The maximum Gasteiger partial charge on any atom is 0.409 e. The van der Waals surface area contributed by atoms with Gasteiger partial charge >= 0.3 is 6.09 Å². The number of nitro benzene ring substituents is 1. The topological polar surface area (TPSA) is 118 Å². The summed E-state index contributed by atoms with van der Waals surface area (Å²) in [6, 6.07) is 2.45. The number of hydrogen-bond acceptors (Lipinski definition) is 4. The van der Waals surface area contributed by atoms with Crippen molar-refractivity contribution in [3.05, 3.63) is 27.8 Å². The van der Waals surface area contributed by atoms with E-state index < -0.39 is 11.0 Å². The Morgan fingerprint density at radius 1 is 1.60 bits per heavy atom. The molecule has 0 saturated carbocycles. The van der Waals surface area contributed by atoms with Crippen LogP contribution < -0.4 is 11.1 Å². The van der Waals surface area contributed by atoms with E-state index in [1.165, 1.54) is 13.0 Å². The van der Waals surface area contributed by atoms with E-state index in [0.29, 0.717) is 5.56 Å². The second kappa shape index (κ2) is 3.82. The Balaban J connectivity index is 3.23. The second-order valence-corrected chi connectivity index (χ2v) is 2.90. The Labute approximate surface area is 84.7 Å². The van der Waals surface area contributed by atoms with Crippen LogP contribution in [0.1, 0.15) is 5.56 Å². The summed E-state index contributed by atoms with van der Waals surface area (Å²) in [4.78, 5) is 20.3. The van der Waals surface area contributed by atoms with Crippen molar-refractivity contribution in [3.8, 4) is 0 Å². The minimum atomic E-state index is -1.30. The molecule has 7 heteroatoms. The van der Waals surface area contributed by atoms with Gasteiger partial charge in [0, 0.05) is 17.3 Å². The predicted molar refractivity (Wildman–Crippen MR) is 53.9 cm³/mol. The van der Waals surface area contributed by atoms with Gasteiger partial charge in [-0.3, -0.25) is 15.4 Å². The van der Waals surface area contributed by atoms with Crippen LogP contribution in [0, 0.1) is 17.0 Å². The Bertz CT molecular complexity index is 430. The number of nitrogens with two attached hydrogens (primary N) is 1. The standard InChI is InChI=1S/C8H9N3O4/c1-4-6(9)2-5(10-8(12)13)3-7(4)11(14)15/h2-3,10H,9H2,1H3,(H,12,13). The Morgan fingerprint density at radius 2 is 2.20 bits per heavy atom. The highest BCUT2D eigenvalue weighted by molar-refractivity contribution is 5.85. The first-order valence-corrected chi connectivity index (χ1v) is 3.96. The largest absolute Gasteiger partial charge is 0.465 e. The normalized spacial score (nSPS) is 9.67. The number of hydrogen-bond donors (Lipinski definition) is 3. The van der Waals surface area contributed by atoms with Gasteiger partial charge in [-0.25, -0.2) is 4.79 Å². The molecule has 1 aromatic carbocycles. The van der Waals surface area contributed by atoms with Crippen molar-refractivity contribution in [2.75, 3.05) is 11.1 Å². The number of nitrogen functional groups attached to an aromatic ring is 1. The Hall–Kier alpha value is -2.31. The van der Waals surface area contributed by atoms with E-state index in [2.05, 4.69) is 0 Å². The smallest absolute Gasteiger partial charge is 0.409 e. The lowest BCUT2D eigenvalue weighted by Gasteiger charge is -2.05. The lowest BCUT2D eigenvalue weighted by molar-refractivity contribution is -0.385. The lowest BCUT2D eigenvalue weighted by Crippen LogP contribution is -2.08. The van der Waals surface area contributed by atoms with Crippen LogP contribution in [0.25, 0.3) is 0 Å². The fraction of sp³-hybridized carbons (Fsp3) is 0.125. The van der Waals surface area contributed by atoms with Crippen LogP contribution in [-0.2, 0) is 0 Å². The summed E-state index contributed by atoms with van der Waals surface area (Å²) in [5, 5.41) is 21.0. The number of nitrogens with zero attached hydrogens (tertiary/aromatic N) is 1. The zero-order valence-electron chi connectivity index (χ0n) is 7.85. The van der Waals surface area contributed by atoms with Gasteiger partial charge in [0.15, 0.2) is 0 Å². The molecule has 7 nitrogen and oxygen atoms in total. The number of carbonyl (C=O) groups is 1. The van der Waals surface area contributed by atoms with Gasteiger partial charge in [0.1, 0.15) is 0 Å². The fourth-order valence-electron chi connectivity index (χ4n) is 1.11. The molecule has 1 amide bonds. The van der Waals surface area contributed by atoms with Gasteiger partial charge in [0.2, 0.25) is 0 Å². The molecule has 0 bridgehead atoms. The molecular formula is C8H9N3O4. The molecule has 0 fully saturated rings. The van der Waals surface area contributed by atoms with E-state index in [0.717, 1.165) is 6.07 Å². The first-order valence-electron chi connectivity index (χ1n) is 3.96. The van der Waals surface area contributed by atoms with Crippen LogP contribution in [0.2, 0.25) is 0 Å². The zero-order chi connectivity index (χ0) is 11.6. The van der Waals surface area contributed by atoms with Crippen LogP contribution in [0.5, 0.6) is 0 Å². The van der Waals surface area contributed by atoms with Crippen LogP contribution in [0.3, 0.4) is 0 Å². The minimum Gasteiger partial charge on any atom is -0.465 e. The maximum absolute atomic E-state index is 10.6. The van der Waals surface area contributed by atoms with Crippen molar-refractivity contribution in [2.24, 2.45) is 0 Å². The van der Waals surface area contributed by atoms with Crippen molar-refractivity contribution in [1.82, 2.24) is 0 Å². The first-order chi connectivity index (χ1) is 6.91. The third-order valence-corrected chi connectivity index (χ3v) is 1.87. The fourth-order valence-corrected chi connectivity index (χ4v) is 1.11. The molecule has 15 heavy (non-hydrogen) atoms. The number of amides is 1. The predicted octanol–water partition coefficient (Wildman–Crippen LogP) is 1.58. The van der Waals surface area contributed by atoms with Gasteiger partial charge in [-0.2, -0.15) is 0 Å². The summed E-state index contributed by atoms with van der Waals surface area (Å²) < 4.78 is 0. The van der Waals surface area contributed by atoms with Crippen LogP contribution in [0.4, 0.5) is 21.9 Å². The summed E-state index contributed by atoms with van der Waals surface area (Å²) in [5.74, 6) is 0. The highest BCUT2D eigenvalue weighted by Crippen LogP contribution is 2.28. The summed E-state index contributed by atoms with van der Waals surface area (Å²) in [6.45, 7) is 1.50. The van der Waals surface area contributed by atoms with Gasteiger partial charge < -0.3 is 10.8 Å². The number of rotatable bonds is 2. The van der Waals surface area contributed by atoms with Gasteiger partial charge in [0.25, 0.3) is 5.69 Å².